The van der Waals surface area contributed by atoms with Crippen LogP contribution in [0.5, 0.6) is 0 Å². The molecule has 2 atom stereocenters. The number of carbonyl (C=O) groups excluding carboxylic acids is 4. The van der Waals surface area contributed by atoms with Crippen molar-refractivity contribution in [2.45, 2.75) is 96.6 Å². The SMILES string of the molecule is CC(C)(C)OC(=O)NC(C)(C)C(=O)N[C@H](COCc1ccccc1)C(=O)Cc1cn(C(C(=O)N2CC3CCC(CC3)C2)c2ccccc2)cn1. The largest absolute Gasteiger partial charge is 0.444 e. The van der Waals surface area contributed by atoms with Crippen LogP contribution in [0, 0.1) is 11.8 Å². The van der Waals surface area contributed by atoms with Crippen LogP contribution in [0.25, 0.3) is 0 Å². The van der Waals surface area contributed by atoms with Gasteiger partial charge in [0.25, 0.3) is 0 Å². The third-order valence-corrected chi connectivity index (χ3v) is 9.36. The van der Waals surface area contributed by atoms with Crippen LogP contribution in [0.4, 0.5) is 4.79 Å². The minimum atomic E-state index is -1.39. The molecule has 2 bridgehead atoms. The highest BCUT2D eigenvalue weighted by Gasteiger charge is 2.37. The molecule has 0 radical (unpaired) electrons. The minimum absolute atomic E-state index is 0.0319. The number of Topliss-reactive ketones (excluding diaryl/α,β-unsaturated/α-hetero) is 1. The lowest BCUT2D eigenvalue weighted by Gasteiger charge is -2.29. The summed E-state index contributed by atoms with van der Waals surface area (Å²) in [4.78, 5) is 60.6. The van der Waals surface area contributed by atoms with E-state index in [4.69, 9.17) is 9.47 Å². The standard InChI is InChI=1S/C39H51N5O6/c1-38(2,3)50-37(48)42-39(4,5)36(47)41-32(25-49-24-29-12-8-6-9-13-29)33(45)20-31-23-44(26-40-31)34(30-14-10-7-11-15-30)35(46)43-21-27-16-17-28(22-43)19-18-27/h6-15,23,26-28,32,34H,16-22,24-25H2,1-5H3,(H,41,47)(H,42,48)/t27?,28?,32-,34?/m1/s1. The Morgan fingerprint density at radius 2 is 1.48 bits per heavy atom. The van der Waals surface area contributed by atoms with E-state index in [1.165, 1.54) is 39.5 Å². The predicted molar refractivity (Wildman–Crippen MR) is 189 cm³/mol. The van der Waals surface area contributed by atoms with Crippen molar-refractivity contribution in [1.29, 1.82) is 0 Å². The van der Waals surface area contributed by atoms with Gasteiger partial charge in [-0.2, -0.15) is 0 Å². The number of aromatic nitrogens is 2. The first-order valence-corrected chi connectivity index (χ1v) is 17.6. The van der Waals surface area contributed by atoms with Crippen LogP contribution < -0.4 is 10.6 Å². The average Bonchev–Trinajstić information content (AvgIpc) is 3.28. The summed E-state index contributed by atoms with van der Waals surface area (Å²) in [6.07, 6.45) is 7.19. The number of benzene rings is 2. The summed E-state index contributed by atoms with van der Waals surface area (Å²) in [5, 5.41) is 5.38. The fourth-order valence-electron chi connectivity index (χ4n) is 6.68. The molecule has 1 saturated carbocycles. The summed E-state index contributed by atoms with van der Waals surface area (Å²) >= 11 is 0. The Morgan fingerprint density at radius 3 is 2.08 bits per heavy atom. The van der Waals surface area contributed by atoms with Gasteiger partial charge in [-0.25, -0.2) is 9.78 Å². The normalized spacial score (nSPS) is 18.9. The van der Waals surface area contributed by atoms with Crippen LogP contribution in [0.15, 0.2) is 73.2 Å². The number of hydrogen-bond donors (Lipinski definition) is 2. The lowest BCUT2D eigenvalue weighted by atomic mass is 9.84. The number of rotatable bonds is 13. The minimum Gasteiger partial charge on any atom is -0.444 e. The molecule has 50 heavy (non-hydrogen) atoms. The Bertz CT molecular complexity index is 1590. The molecular formula is C39H51N5O6. The van der Waals surface area contributed by atoms with Gasteiger partial charge in [0, 0.05) is 19.3 Å². The van der Waals surface area contributed by atoms with E-state index in [1.807, 2.05) is 65.6 Å². The lowest BCUT2D eigenvalue weighted by Crippen LogP contribution is -2.59. The van der Waals surface area contributed by atoms with Gasteiger partial charge in [-0.05, 0) is 83.3 Å². The van der Waals surface area contributed by atoms with Crippen molar-refractivity contribution in [2.75, 3.05) is 19.7 Å². The number of alkyl carbamates (subject to hydrolysis) is 1. The lowest BCUT2D eigenvalue weighted by molar-refractivity contribution is -0.134. The molecule has 3 amide bonds. The summed E-state index contributed by atoms with van der Waals surface area (Å²) in [5.74, 6) is 0.203. The van der Waals surface area contributed by atoms with Gasteiger partial charge in [-0.1, -0.05) is 60.7 Å². The number of ketones is 1. The van der Waals surface area contributed by atoms with Crippen molar-refractivity contribution in [3.05, 3.63) is 90.0 Å². The van der Waals surface area contributed by atoms with Crippen LogP contribution in [0.1, 0.15) is 83.2 Å². The molecule has 1 unspecified atom stereocenters. The molecule has 268 valence electrons. The first kappa shape index (κ1) is 36.8. The number of carbonyl (C=O) groups is 4. The number of fused-ring (bicyclic) bond motifs is 4. The number of nitrogens with zero attached hydrogens (tertiary/aromatic N) is 3. The first-order valence-electron chi connectivity index (χ1n) is 17.6. The van der Waals surface area contributed by atoms with E-state index in [9.17, 15) is 19.2 Å². The van der Waals surface area contributed by atoms with Gasteiger partial charge in [0.15, 0.2) is 5.78 Å². The van der Waals surface area contributed by atoms with Crippen LogP contribution >= 0.6 is 0 Å². The third-order valence-electron chi connectivity index (χ3n) is 9.36. The fraction of sp³-hybridized carbons (Fsp3) is 0.513. The van der Waals surface area contributed by atoms with E-state index in [0.29, 0.717) is 17.5 Å². The molecule has 2 aromatic carbocycles. The molecule has 3 heterocycles. The van der Waals surface area contributed by atoms with Crippen LogP contribution in [0.2, 0.25) is 0 Å². The summed E-state index contributed by atoms with van der Waals surface area (Å²) < 4.78 is 13.0. The van der Waals surface area contributed by atoms with Gasteiger partial charge in [-0.3, -0.25) is 14.4 Å². The predicted octanol–water partition coefficient (Wildman–Crippen LogP) is 5.24. The van der Waals surface area contributed by atoms with E-state index in [-0.39, 0.29) is 31.3 Å². The van der Waals surface area contributed by atoms with E-state index in [1.54, 1.807) is 37.9 Å². The van der Waals surface area contributed by atoms with Gasteiger partial charge < -0.3 is 29.6 Å². The van der Waals surface area contributed by atoms with Crippen molar-refractivity contribution >= 4 is 23.7 Å². The molecule has 6 rings (SSSR count). The van der Waals surface area contributed by atoms with E-state index >= 15 is 0 Å². The van der Waals surface area contributed by atoms with Gasteiger partial charge in [0.05, 0.1) is 31.7 Å². The number of nitrogens with one attached hydrogen (secondary N) is 2. The Hall–Kier alpha value is -4.51. The monoisotopic (exact) mass is 685 g/mol. The molecule has 3 fully saturated rings. The maximum absolute atomic E-state index is 14.2. The van der Waals surface area contributed by atoms with E-state index < -0.39 is 35.2 Å². The zero-order valence-electron chi connectivity index (χ0n) is 29.9. The fourth-order valence-corrected chi connectivity index (χ4v) is 6.68. The summed E-state index contributed by atoms with van der Waals surface area (Å²) in [6.45, 7) is 9.96. The maximum atomic E-state index is 14.2. The van der Waals surface area contributed by atoms with Crippen molar-refractivity contribution < 1.29 is 28.7 Å². The molecule has 1 aromatic heterocycles. The zero-order valence-corrected chi connectivity index (χ0v) is 29.9. The summed E-state index contributed by atoms with van der Waals surface area (Å²) in [5.41, 5.74) is 0.0971. The molecule has 11 heteroatoms. The smallest absolute Gasteiger partial charge is 0.408 e. The second-order valence-corrected chi connectivity index (χ2v) is 15.2. The highest BCUT2D eigenvalue weighted by molar-refractivity contribution is 5.94. The van der Waals surface area contributed by atoms with E-state index in [2.05, 4.69) is 15.6 Å². The summed E-state index contributed by atoms with van der Waals surface area (Å²) in [7, 11) is 0. The average molecular weight is 686 g/mol. The molecule has 2 N–H and O–H groups in total. The highest BCUT2D eigenvalue weighted by atomic mass is 16.6. The Morgan fingerprint density at radius 1 is 0.880 bits per heavy atom. The number of ether oxygens (including phenoxy) is 2. The Labute approximate surface area is 295 Å². The van der Waals surface area contributed by atoms with Crippen LogP contribution in [0.3, 0.4) is 0 Å². The van der Waals surface area contributed by atoms with Crippen LogP contribution in [-0.2, 0) is 36.9 Å². The second-order valence-electron chi connectivity index (χ2n) is 15.2. The second kappa shape index (κ2) is 16.0. The topological polar surface area (TPSA) is 132 Å². The van der Waals surface area contributed by atoms with Crippen molar-refractivity contribution in [3.63, 3.8) is 0 Å². The van der Waals surface area contributed by atoms with Gasteiger partial charge >= 0.3 is 6.09 Å². The highest BCUT2D eigenvalue weighted by Crippen LogP contribution is 2.35. The molecular weight excluding hydrogens is 634 g/mol. The zero-order chi connectivity index (χ0) is 35.9. The molecule has 3 aromatic rings. The summed E-state index contributed by atoms with van der Waals surface area (Å²) in [6, 6.07) is 17.5. The number of amides is 3. The van der Waals surface area contributed by atoms with E-state index in [0.717, 1.165) is 24.2 Å². The Balaban J connectivity index is 1.32. The molecule has 3 aliphatic rings. The number of hydrogen-bond acceptors (Lipinski definition) is 7. The molecule has 11 nitrogen and oxygen atoms in total. The number of imidazole rings is 1. The van der Waals surface area contributed by atoms with Gasteiger partial charge in [-0.15, -0.1) is 0 Å². The van der Waals surface area contributed by atoms with Crippen LogP contribution in [-0.4, -0.2) is 75.0 Å². The Kier molecular flexibility index (Phi) is 11.8. The third kappa shape index (κ3) is 10.0. The molecule has 2 saturated heterocycles. The van der Waals surface area contributed by atoms with Crippen molar-refractivity contribution in [3.8, 4) is 0 Å². The van der Waals surface area contributed by atoms with Gasteiger partial charge in [0.1, 0.15) is 23.2 Å². The first-order chi connectivity index (χ1) is 23.8. The molecule has 1 aliphatic carbocycles. The molecule has 2 aliphatic heterocycles. The van der Waals surface area contributed by atoms with Crippen molar-refractivity contribution in [2.24, 2.45) is 11.8 Å². The quantitative estimate of drug-likeness (QED) is 0.252. The van der Waals surface area contributed by atoms with Gasteiger partial charge in [0.2, 0.25) is 11.8 Å². The molecule has 0 spiro atoms. The van der Waals surface area contributed by atoms with Crippen molar-refractivity contribution in [1.82, 2.24) is 25.1 Å². The maximum Gasteiger partial charge on any atom is 0.408 e.